The van der Waals surface area contributed by atoms with Crippen molar-refractivity contribution in [2.45, 2.75) is 32.4 Å². The molecule has 0 spiro atoms. The van der Waals surface area contributed by atoms with E-state index in [9.17, 15) is 0 Å². The summed E-state index contributed by atoms with van der Waals surface area (Å²) in [5, 5.41) is 1.23. The molecule has 2 aromatic carbocycles. The van der Waals surface area contributed by atoms with E-state index in [-0.39, 0.29) is 0 Å². The van der Waals surface area contributed by atoms with Crippen LogP contribution in [-0.2, 0) is 19.6 Å². The van der Waals surface area contributed by atoms with Crippen molar-refractivity contribution in [2.24, 2.45) is 0 Å². The van der Waals surface area contributed by atoms with Gasteiger partial charge in [-0.3, -0.25) is 4.98 Å². The summed E-state index contributed by atoms with van der Waals surface area (Å²) in [6, 6.07) is 24.9. The first-order chi connectivity index (χ1) is 13.4. The van der Waals surface area contributed by atoms with Gasteiger partial charge in [-0.25, -0.2) is 0 Å². The van der Waals surface area contributed by atoms with Gasteiger partial charge in [0.1, 0.15) is 12.4 Å². The number of aromatic nitrogens is 2. The van der Waals surface area contributed by atoms with Crippen molar-refractivity contribution < 1.29 is 4.74 Å². The van der Waals surface area contributed by atoms with Crippen LogP contribution in [0.2, 0.25) is 0 Å². The molecule has 0 unspecified atom stereocenters. The average Bonchev–Trinajstić information content (AvgIpc) is 3.13. The molecular formula is C24H24N2O. The molecule has 0 amide bonds. The number of benzene rings is 2. The van der Waals surface area contributed by atoms with Crippen molar-refractivity contribution in [3.63, 3.8) is 0 Å². The van der Waals surface area contributed by atoms with Gasteiger partial charge in [0.15, 0.2) is 0 Å². The lowest BCUT2D eigenvalue weighted by Crippen LogP contribution is -1.98. The maximum absolute atomic E-state index is 5.94. The second-order valence-corrected chi connectivity index (χ2v) is 6.78. The van der Waals surface area contributed by atoms with Crippen molar-refractivity contribution in [3.05, 3.63) is 96.4 Å². The number of rotatable bonds is 8. The van der Waals surface area contributed by atoms with Crippen molar-refractivity contribution in [1.82, 2.24) is 9.55 Å². The number of hydrogen-bond acceptors (Lipinski definition) is 2. The summed E-state index contributed by atoms with van der Waals surface area (Å²) in [6.07, 6.45) is 7.37. The summed E-state index contributed by atoms with van der Waals surface area (Å²) in [4.78, 5) is 4.39. The van der Waals surface area contributed by atoms with Gasteiger partial charge in [-0.05, 0) is 61.2 Å². The van der Waals surface area contributed by atoms with Crippen molar-refractivity contribution >= 4 is 10.9 Å². The van der Waals surface area contributed by atoms with Crippen LogP contribution >= 0.6 is 0 Å². The highest BCUT2D eigenvalue weighted by Gasteiger charge is 2.04. The van der Waals surface area contributed by atoms with Gasteiger partial charge in [-0.2, -0.15) is 0 Å². The van der Waals surface area contributed by atoms with Gasteiger partial charge >= 0.3 is 0 Å². The maximum Gasteiger partial charge on any atom is 0.120 e. The molecule has 2 heterocycles. The zero-order chi connectivity index (χ0) is 18.3. The minimum atomic E-state index is 0.598. The Hall–Kier alpha value is -3.07. The van der Waals surface area contributed by atoms with Crippen molar-refractivity contribution in [1.29, 1.82) is 0 Å². The quantitative estimate of drug-likeness (QED) is 0.382. The highest BCUT2D eigenvalue weighted by Crippen LogP contribution is 2.23. The molecule has 3 heteroatoms. The number of unbranched alkanes of at least 4 members (excludes halogenated alkanes) is 1. The number of pyridine rings is 1. The second kappa shape index (κ2) is 8.54. The first-order valence-electron chi connectivity index (χ1n) is 9.54. The first-order valence-corrected chi connectivity index (χ1v) is 9.54. The van der Waals surface area contributed by atoms with E-state index in [1.165, 1.54) is 22.2 Å². The topological polar surface area (TPSA) is 27.1 Å². The summed E-state index contributed by atoms with van der Waals surface area (Å²) >= 11 is 0. The SMILES string of the molecule is c1ccc(COc2ccc3c(ccn3CCCCc3ccccn3)c2)cc1. The summed E-state index contributed by atoms with van der Waals surface area (Å²) in [6.45, 7) is 1.63. The Balaban J connectivity index is 1.33. The standard InChI is InChI=1S/C24H24N2O/c1-2-8-20(9-3-1)19-27-23-12-13-24-21(18-23)14-17-26(24)16-7-5-11-22-10-4-6-15-25-22/h1-4,6,8-10,12-15,17-18H,5,7,11,16,19H2. The van der Waals surface area contributed by atoms with Crippen molar-refractivity contribution in [2.75, 3.05) is 0 Å². The molecule has 0 saturated carbocycles. The van der Waals surface area contributed by atoms with Crippen LogP contribution in [0.4, 0.5) is 0 Å². The van der Waals surface area contributed by atoms with Gasteiger partial charge in [0.2, 0.25) is 0 Å². The third-order valence-electron chi connectivity index (χ3n) is 4.80. The third-order valence-corrected chi connectivity index (χ3v) is 4.80. The molecule has 0 atom stereocenters. The molecule has 0 aliphatic heterocycles. The minimum absolute atomic E-state index is 0.598. The second-order valence-electron chi connectivity index (χ2n) is 6.78. The maximum atomic E-state index is 5.94. The molecule has 0 N–H and O–H groups in total. The fourth-order valence-electron chi connectivity index (χ4n) is 3.34. The van der Waals surface area contributed by atoms with E-state index in [0.29, 0.717) is 6.61 Å². The van der Waals surface area contributed by atoms with Crippen LogP contribution in [0.25, 0.3) is 10.9 Å². The van der Waals surface area contributed by atoms with E-state index in [4.69, 9.17) is 4.74 Å². The monoisotopic (exact) mass is 356 g/mol. The zero-order valence-corrected chi connectivity index (χ0v) is 15.4. The van der Waals surface area contributed by atoms with Gasteiger partial charge in [-0.1, -0.05) is 36.4 Å². The Morgan fingerprint density at radius 3 is 2.59 bits per heavy atom. The van der Waals surface area contributed by atoms with E-state index in [1.807, 2.05) is 30.5 Å². The minimum Gasteiger partial charge on any atom is -0.489 e. The summed E-state index contributed by atoms with van der Waals surface area (Å²) < 4.78 is 8.27. The van der Waals surface area contributed by atoms with Crippen LogP contribution in [-0.4, -0.2) is 9.55 Å². The molecule has 4 aromatic rings. The highest BCUT2D eigenvalue weighted by atomic mass is 16.5. The Morgan fingerprint density at radius 2 is 1.74 bits per heavy atom. The van der Waals surface area contributed by atoms with E-state index < -0.39 is 0 Å². The molecular weight excluding hydrogens is 332 g/mol. The number of fused-ring (bicyclic) bond motifs is 1. The van der Waals surface area contributed by atoms with Crippen molar-refractivity contribution in [3.8, 4) is 5.75 Å². The van der Waals surface area contributed by atoms with E-state index in [2.05, 4.69) is 64.3 Å². The Bertz CT molecular complexity index is 977. The number of nitrogens with zero attached hydrogens (tertiary/aromatic N) is 2. The molecule has 3 nitrogen and oxygen atoms in total. The third kappa shape index (κ3) is 4.56. The summed E-state index contributed by atoms with van der Waals surface area (Å²) in [5.74, 6) is 0.916. The Labute approximate surface area is 160 Å². The van der Waals surface area contributed by atoms with Crippen LogP contribution < -0.4 is 4.74 Å². The van der Waals surface area contributed by atoms with Crippen LogP contribution in [0.5, 0.6) is 5.75 Å². The van der Waals surface area contributed by atoms with E-state index in [1.54, 1.807) is 0 Å². The fraction of sp³-hybridized carbons (Fsp3) is 0.208. The lowest BCUT2D eigenvalue weighted by Gasteiger charge is -2.08. The van der Waals surface area contributed by atoms with Crippen LogP contribution in [0.15, 0.2) is 85.2 Å². The zero-order valence-electron chi connectivity index (χ0n) is 15.4. The normalized spacial score (nSPS) is 11.0. The smallest absolute Gasteiger partial charge is 0.120 e. The van der Waals surface area contributed by atoms with E-state index in [0.717, 1.165) is 31.6 Å². The largest absolute Gasteiger partial charge is 0.489 e. The predicted octanol–water partition coefficient (Wildman–Crippen LogP) is 5.64. The van der Waals surface area contributed by atoms with Gasteiger partial charge < -0.3 is 9.30 Å². The molecule has 27 heavy (non-hydrogen) atoms. The molecule has 0 radical (unpaired) electrons. The number of ether oxygens (including phenoxy) is 1. The number of hydrogen-bond donors (Lipinski definition) is 0. The Kier molecular flexibility index (Phi) is 5.49. The molecule has 0 saturated heterocycles. The summed E-state index contributed by atoms with van der Waals surface area (Å²) in [7, 11) is 0. The molecule has 4 rings (SSSR count). The summed E-state index contributed by atoms with van der Waals surface area (Å²) in [5.41, 5.74) is 3.62. The lowest BCUT2D eigenvalue weighted by atomic mass is 10.2. The van der Waals surface area contributed by atoms with Gasteiger partial charge in [0.05, 0.1) is 0 Å². The number of aryl methyl sites for hydroxylation is 2. The van der Waals surface area contributed by atoms with Gasteiger partial charge in [-0.15, -0.1) is 0 Å². The molecule has 0 aliphatic carbocycles. The van der Waals surface area contributed by atoms with Crippen LogP contribution in [0.1, 0.15) is 24.1 Å². The Morgan fingerprint density at radius 1 is 0.852 bits per heavy atom. The average molecular weight is 356 g/mol. The molecule has 2 aromatic heterocycles. The first kappa shape index (κ1) is 17.3. The fourth-order valence-corrected chi connectivity index (χ4v) is 3.34. The molecule has 136 valence electrons. The highest BCUT2D eigenvalue weighted by molar-refractivity contribution is 5.81. The van der Waals surface area contributed by atoms with E-state index >= 15 is 0 Å². The van der Waals surface area contributed by atoms with Gasteiger partial charge in [0.25, 0.3) is 0 Å². The van der Waals surface area contributed by atoms with Gasteiger partial charge in [0, 0.05) is 35.5 Å². The lowest BCUT2D eigenvalue weighted by molar-refractivity contribution is 0.306. The molecule has 0 aliphatic rings. The predicted molar refractivity (Wildman–Crippen MR) is 110 cm³/mol. The van der Waals surface area contributed by atoms with Crippen LogP contribution in [0.3, 0.4) is 0 Å². The molecule has 0 fully saturated rings. The molecule has 0 bridgehead atoms. The van der Waals surface area contributed by atoms with Crippen LogP contribution in [0, 0.1) is 0 Å².